The van der Waals surface area contributed by atoms with Crippen LogP contribution in [0.1, 0.15) is 5.82 Å². The number of rotatable bonds is 9. The SMILES string of the molecule is c1ccc(-c2ccc(NCc3nccc(-c4ccc(-c5ccc(N(c6ccccc6)c6ccccc6)cc5)cc4)n3)cc2)cc1. The number of anilines is 4. The second-order valence-corrected chi connectivity index (χ2v) is 10.8. The topological polar surface area (TPSA) is 41.1 Å². The normalized spacial score (nSPS) is 10.8. The Hall–Kier alpha value is -6.00. The molecule has 7 rings (SSSR count). The summed E-state index contributed by atoms with van der Waals surface area (Å²) >= 11 is 0. The lowest BCUT2D eigenvalue weighted by Gasteiger charge is -2.25. The highest BCUT2D eigenvalue weighted by atomic mass is 15.1. The first-order valence-corrected chi connectivity index (χ1v) is 15.1. The van der Waals surface area contributed by atoms with Crippen LogP contribution in [0, 0.1) is 0 Å². The number of nitrogens with one attached hydrogen (secondary N) is 1. The maximum Gasteiger partial charge on any atom is 0.147 e. The third-order valence-corrected chi connectivity index (χ3v) is 7.82. The van der Waals surface area contributed by atoms with Gasteiger partial charge in [-0.05, 0) is 76.9 Å². The molecule has 0 aliphatic heterocycles. The van der Waals surface area contributed by atoms with Crippen LogP contribution in [-0.2, 0) is 6.54 Å². The van der Waals surface area contributed by atoms with Crippen LogP contribution in [0.25, 0.3) is 33.5 Å². The van der Waals surface area contributed by atoms with Gasteiger partial charge in [-0.15, -0.1) is 0 Å². The van der Waals surface area contributed by atoms with Gasteiger partial charge in [0.2, 0.25) is 0 Å². The highest BCUT2D eigenvalue weighted by Crippen LogP contribution is 2.35. The van der Waals surface area contributed by atoms with Crippen molar-refractivity contribution in [1.82, 2.24) is 9.97 Å². The fourth-order valence-electron chi connectivity index (χ4n) is 5.48. The number of benzene rings is 6. The van der Waals surface area contributed by atoms with Gasteiger partial charge >= 0.3 is 0 Å². The summed E-state index contributed by atoms with van der Waals surface area (Å²) in [5.74, 6) is 0.751. The largest absolute Gasteiger partial charge is 0.378 e. The minimum absolute atomic E-state index is 0.548. The molecule has 1 aromatic heterocycles. The van der Waals surface area contributed by atoms with Gasteiger partial charge in [0.1, 0.15) is 5.82 Å². The molecule has 0 atom stereocenters. The van der Waals surface area contributed by atoms with Crippen molar-refractivity contribution in [2.45, 2.75) is 6.54 Å². The molecule has 6 aromatic carbocycles. The van der Waals surface area contributed by atoms with Crippen molar-refractivity contribution >= 4 is 22.7 Å². The average molecular weight is 581 g/mol. The summed E-state index contributed by atoms with van der Waals surface area (Å²) in [5.41, 5.74) is 11.1. The van der Waals surface area contributed by atoms with Crippen LogP contribution in [0.15, 0.2) is 176 Å². The Bertz CT molecular complexity index is 1920. The van der Waals surface area contributed by atoms with Crippen molar-refractivity contribution in [3.63, 3.8) is 0 Å². The van der Waals surface area contributed by atoms with Gasteiger partial charge in [-0.1, -0.05) is 115 Å². The maximum atomic E-state index is 4.84. The first-order chi connectivity index (χ1) is 22.3. The summed E-state index contributed by atoms with van der Waals surface area (Å²) in [7, 11) is 0. The van der Waals surface area contributed by atoms with Crippen LogP contribution < -0.4 is 10.2 Å². The van der Waals surface area contributed by atoms with Crippen molar-refractivity contribution in [2.24, 2.45) is 0 Å². The summed E-state index contributed by atoms with van der Waals surface area (Å²) in [6, 6.07) is 59.1. The number of aromatic nitrogens is 2. The van der Waals surface area contributed by atoms with E-state index in [1.165, 1.54) is 11.1 Å². The van der Waals surface area contributed by atoms with E-state index in [4.69, 9.17) is 4.98 Å². The Morgan fingerprint density at radius 2 is 0.867 bits per heavy atom. The van der Waals surface area contributed by atoms with Crippen LogP contribution >= 0.6 is 0 Å². The summed E-state index contributed by atoms with van der Waals surface area (Å²) in [6.07, 6.45) is 1.83. The van der Waals surface area contributed by atoms with Gasteiger partial charge in [0.05, 0.1) is 12.2 Å². The number of hydrogen-bond donors (Lipinski definition) is 1. The predicted octanol–water partition coefficient (Wildman–Crippen LogP) is 10.6. The van der Waals surface area contributed by atoms with Crippen molar-refractivity contribution in [3.8, 4) is 33.5 Å². The maximum absolute atomic E-state index is 4.84. The van der Waals surface area contributed by atoms with E-state index in [9.17, 15) is 0 Å². The highest BCUT2D eigenvalue weighted by Gasteiger charge is 2.12. The first kappa shape index (κ1) is 27.8. The molecular weight excluding hydrogens is 548 g/mol. The van der Waals surface area contributed by atoms with Crippen molar-refractivity contribution in [1.29, 1.82) is 0 Å². The van der Waals surface area contributed by atoms with Crippen LogP contribution in [0.2, 0.25) is 0 Å². The molecule has 1 heterocycles. The summed E-state index contributed by atoms with van der Waals surface area (Å²) in [6.45, 7) is 0.548. The van der Waals surface area contributed by atoms with Gasteiger partial charge in [-0.25, -0.2) is 9.97 Å². The van der Waals surface area contributed by atoms with Crippen LogP contribution in [0.5, 0.6) is 0 Å². The Morgan fingerprint density at radius 1 is 0.422 bits per heavy atom. The van der Waals surface area contributed by atoms with Gasteiger partial charge in [0, 0.05) is 34.5 Å². The van der Waals surface area contributed by atoms with E-state index in [0.717, 1.165) is 51.0 Å². The average Bonchev–Trinajstić information content (AvgIpc) is 3.13. The van der Waals surface area contributed by atoms with Crippen LogP contribution in [-0.4, -0.2) is 9.97 Å². The minimum atomic E-state index is 0.548. The van der Waals surface area contributed by atoms with E-state index < -0.39 is 0 Å². The Morgan fingerprint density at radius 3 is 1.44 bits per heavy atom. The number of para-hydroxylation sites is 2. The molecule has 216 valence electrons. The fourth-order valence-corrected chi connectivity index (χ4v) is 5.48. The number of nitrogens with zero attached hydrogens (tertiary/aromatic N) is 3. The predicted molar refractivity (Wildman–Crippen MR) is 187 cm³/mol. The molecule has 4 heteroatoms. The monoisotopic (exact) mass is 580 g/mol. The van der Waals surface area contributed by atoms with E-state index in [1.54, 1.807) is 0 Å². The highest BCUT2D eigenvalue weighted by molar-refractivity contribution is 5.78. The molecule has 0 unspecified atom stereocenters. The van der Waals surface area contributed by atoms with Crippen molar-refractivity contribution < 1.29 is 0 Å². The Balaban J connectivity index is 1.04. The van der Waals surface area contributed by atoms with Gasteiger partial charge in [-0.2, -0.15) is 0 Å². The third-order valence-electron chi connectivity index (χ3n) is 7.82. The van der Waals surface area contributed by atoms with E-state index in [1.807, 2.05) is 30.5 Å². The second-order valence-electron chi connectivity index (χ2n) is 10.8. The molecule has 0 amide bonds. The van der Waals surface area contributed by atoms with Gasteiger partial charge in [-0.3, -0.25) is 0 Å². The van der Waals surface area contributed by atoms with Crippen LogP contribution in [0.3, 0.4) is 0 Å². The molecule has 1 N–H and O–H groups in total. The molecule has 0 spiro atoms. The molecule has 45 heavy (non-hydrogen) atoms. The van der Waals surface area contributed by atoms with Gasteiger partial charge < -0.3 is 10.2 Å². The Kier molecular flexibility index (Phi) is 8.10. The van der Waals surface area contributed by atoms with Gasteiger partial charge in [0.15, 0.2) is 0 Å². The quantitative estimate of drug-likeness (QED) is 0.184. The lowest BCUT2D eigenvalue weighted by Crippen LogP contribution is -2.09. The van der Waals surface area contributed by atoms with E-state index >= 15 is 0 Å². The standard InChI is InChI=1S/C41H32N4/c1-4-10-31(11-5-1)33-20-24-36(25-21-33)43-30-41-42-29-28-40(44-41)35-18-16-32(17-19-35)34-22-26-39(27-23-34)45(37-12-6-2-7-13-37)38-14-8-3-9-15-38/h1-29,43H,30H2. The van der Waals surface area contributed by atoms with Crippen molar-refractivity contribution in [3.05, 3.63) is 182 Å². The lowest BCUT2D eigenvalue weighted by molar-refractivity contribution is 0.952. The molecule has 0 saturated heterocycles. The van der Waals surface area contributed by atoms with E-state index in [2.05, 4.69) is 161 Å². The summed E-state index contributed by atoms with van der Waals surface area (Å²) in [4.78, 5) is 11.6. The van der Waals surface area contributed by atoms with Gasteiger partial charge in [0.25, 0.3) is 0 Å². The molecule has 0 fully saturated rings. The smallest absolute Gasteiger partial charge is 0.147 e. The zero-order valence-electron chi connectivity index (χ0n) is 24.8. The molecule has 0 aliphatic rings. The first-order valence-electron chi connectivity index (χ1n) is 15.1. The van der Waals surface area contributed by atoms with Crippen LogP contribution in [0.4, 0.5) is 22.7 Å². The van der Waals surface area contributed by atoms with Crippen molar-refractivity contribution in [2.75, 3.05) is 10.2 Å². The molecule has 0 radical (unpaired) electrons. The molecular formula is C41H32N4. The second kappa shape index (κ2) is 13.1. The fraction of sp³-hybridized carbons (Fsp3) is 0.0244. The zero-order chi connectivity index (χ0) is 30.3. The van der Waals surface area contributed by atoms with E-state index in [-0.39, 0.29) is 0 Å². The summed E-state index contributed by atoms with van der Waals surface area (Å²) < 4.78 is 0. The number of hydrogen-bond acceptors (Lipinski definition) is 4. The van der Waals surface area contributed by atoms with E-state index in [0.29, 0.717) is 6.54 Å². The Labute approximate surface area is 264 Å². The summed E-state index contributed by atoms with van der Waals surface area (Å²) in [5, 5.41) is 3.45. The molecule has 0 bridgehead atoms. The zero-order valence-corrected chi connectivity index (χ0v) is 24.8. The molecule has 0 aliphatic carbocycles. The molecule has 7 aromatic rings. The third kappa shape index (κ3) is 6.51. The lowest BCUT2D eigenvalue weighted by atomic mass is 10.0. The molecule has 4 nitrogen and oxygen atoms in total. The molecule has 0 saturated carbocycles. The minimum Gasteiger partial charge on any atom is -0.378 e.